The van der Waals surface area contributed by atoms with E-state index in [2.05, 4.69) is 36.6 Å². The summed E-state index contributed by atoms with van der Waals surface area (Å²) in [5.41, 5.74) is 5.91. The van der Waals surface area contributed by atoms with Crippen LogP contribution in [0, 0.1) is 20.8 Å². The summed E-state index contributed by atoms with van der Waals surface area (Å²) in [7, 11) is 1.60. The quantitative estimate of drug-likeness (QED) is 0.606. The van der Waals surface area contributed by atoms with E-state index in [0.717, 1.165) is 16.8 Å². The van der Waals surface area contributed by atoms with Crippen molar-refractivity contribution in [1.29, 1.82) is 0 Å². The average Bonchev–Trinajstić information content (AvgIpc) is 2.69. The Morgan fingerprint density at radius 2 is 1.64 bits per heavy atom. The normalized spacial score (nSPS) is 11.6. The van der Waals surface area contributed by atoms with Crippen molar-refractivity contribution in [3.05, 3.63) is 89.0 Å². The molecule has 3 rings (SSSR count). The van der Waals surface area contributed by atoms with Crippen molar-refractivity contribution >= 4 is 17.3 Å². The van der Waals surface area contributed by atoms with Gasteiger partial charge in [-0.2, -0.15) is 0 Å². The van der Waals surface area contributed by atoms with E-state index in [9.17, 15) is 4.79 Å². The fourth-order valence-corrected chi connectivity index (χ4v) is 3.07. The van der Waals surface area contributed by atoms with Gasteiger partial charge in [-0.1, -0.05) is 42.5 Å². The molecule has 0 bridgehead atoms. The molecule has 2 N–H and O–H groups in total. The van der Waals surface area contributed by atoms with Crippen LogP contribution in [-0.4, -0.2) is 13.0 Å². The second-order valence-corrected chi connectivity index (χ2v) is 6.98. The lowest BCUT2D eigenvalue weighted by Crippen LogP contribution is -2.27. The molecule has 0 aliphatic heterocycles. The number of nitrogens with one attached hydrogen (secondary N) is 2. The highest BCUT2D eigenvalue weighted by Gasteiger charge is 2.22. The van der Waals surface area contributed by atoms with E-state index in [1.807, 2.05) is 61.5 Å². The molecule has 0 radical (unpaired) electrons. The molecule has 0 unspecified atom stereocenters. The molecule has 4 nitrogen and oxygen atoms in total. The topological polar surface area (TPSA) is 50.4 Å². The van der Waals surface area contributed by atoms with E-state index in [-0.39, 0.29) is 5.91 Å². The summed E-state index contributed by atoms with van der Waals surface area (Å²) in [6.45, 7) is 6.12. The molecule has 0 aliphatic rings. The number of anilines is 2. The van der Waals surface area contributed by atoms with Gasteiger partial charge in [-0.05, 0) is 67.3 Å². The van der Waals surface area contributed by atoms with Crippen molar-refractivity contribution in [2.45, 2.75) is 26.8 Å². The minimum absolute atomic E-state index is 0.145. The smallest absolute Gasteiger partial charge is 0.251 e. The van der Waals surface area contributed by atoms with E-state index in [1.54, 1.807) is 7.11 Å². The van der Waals surface area contributed by atoms with Gasteiger partial charge in [-0.15, -0.1) is 0 Å². The maximum atomic E-state index is 13.2. The monoisotopic (exact) mass is 374 g/mol. The number of benzene rings is 3. The Kier molecular flexibility index (Phi) is 5.99. The minimum atomic E-state index is -0.534. The summed E-state index contributed by atoms with van der Waals surface area (Å²) in [5, 5.41) is 6.40. The Morgan fingerprint density at radius 3 is 2.32 bits per heavy atom. The molecule has 0 saturated carbocycles. The first kappa shape index (κ1) is 19.5. The zero-order valence-electron chi connectivity index (χ0n) is 16.7. The maximum absolute atomic E-state index is 13.2. The summed E-state index contributed by atoms with van der Waals surface area (Å²) < 4.78 is 5.40. The molecular weight excluding hydrogens is 348 g/mol. The molecule has 1 amide bonds. The number of hydrogen-bond acceptors (Lipinski definition) is 3. The molecule has 0 aromatic heterocycles. The zero-order chi connectivity index (χ0) is 20.1. The van der Waals surface area contributed by atoms with Gasteiger partial charge in [0.15, 0.2) is 0 Å². The number of rotatable bonds is 6. The lowest BCUT2D eigenvalue weighted by atomic mass is 10.0. The zero-order valence-corrected chi connectivity index (χ0v) is 16.7. The molecule has 0 saturated heterocycles. The highest BCUT2D eigenvalue weighted by molar-refractivity contribution is 5.98. The van der Waals surface area contributed by atoms with E-state index in [0.29, 0.717) is 11.4 Å². The average molecular weight is 374 g/mol. The number of methoxy groups -OCH3 is 1. The van der Waals surface area contributed by atoms with Gasteiger partial charge in [0.25, 0.3) is 5.91 Å². The summed E-state index contributed by atoms with van der Waals surface area (Å²) in [6.07, 6.45) is 0. The predicted molar refractivity (Wildman–Crippen MR) is 115 cm³/mol. The Morgan fingerprint density at radius 1 is 0.893 bits per heavy atom. The van der Waals surface area contributed by atoms with Crippen LogP contribution < -0.4 is 15.4 Å². The van der Waals surface area contributed by atoms with Crippen LogP contribution in [-0.2, 0) is 4.79 Å². The Hall–Kier alpha value is -3.27. The van der Waals surface area contributed by atoms with Crippen molar-refractivity contribution in [3.8, 4) is 5.75 Å². The van der Waals surface area contributed by atoms with Crippen LogP contribution in [0.3, 0.4) is 0 Å². The Balaban J connectivity index is 1.91. The summed E-state index contributed by atoms with van der Waals surface area (Å²) >= 11 is 0. The fourth-order valence-electron chi connectivity index (χ4n) is 3.07. The van der Waals surface area contributed by atoms with Gasteiger partial charge in [-0.25, -0.2) is 0 Å². The molecule has 0 aliphatic carbocycles. The van der Waals surface area contributed by atoms with Crippen LogP contribution in [0.5, 0.6) is 5.75 Å². The van der Waals surface area contributed by atoms with Gasteiger partial charge in [0.1, 0.15) is 11.8 Å². The Bertz CT molecular complexity index is 968. The van der Waals surface area contributed by atoms with Crippen LogP contribution in [0.1, 0.15) is 28.3 Å². The number of ether oxygens (including phenoxy) is 1. The van der Waals surface area contributed by atoms with Crippen LogP contribution in [0.25, 0.3) is 0 Å². The van der Waals surface area contributed by atoms with Crippen molar-refractivity contribution in [1.82, 2.24) is 0 Å². The number of carbonyl (C=O) groups is 1. The predicted octanol–water partition coefficient (Wildman–Crippen LogP) is 5.41. The van der Waals surface area contributed by atoms with Crippen LogP contribution in [0.4, 0.5) is 11.4 Å². The molecule has 1 atom stereocenters. The lowest BCUT2D eigenvalue weighted by molar-refractivity contribution is -0.117. The van der Waals surface area contributed by atoms with Gasteiger partial charge >= 0.3 is 0 Å². The van der Waals surface area contributed by atoms with E-state index >= 15 is 0 Å². The summed E-state index contributed by atoms with van der Waals surface area (Å²) in [4.78, 5) is 13.2. The first-order valence-electron chi connectivity index (χ1n) is 9.32. The first-order valence-corrected chi connectivity index (χ1v) is 9.32. The molecule has 3 aromatic rings. The number of amides is 1. The van der Waals surface area contributed by atoms with E-state index in [1.165, 1.54) is 11.1 Å². The number of hydrogen-bond donors (Lipinski definition) is 2. The van der Waals surface area contributed by atoms with Gasteiger partial charge in [-0.3, -0.25) is 4.79 Å². The summed E-state index contributed by atoms with van der Waals surface area (Å²) in [5.74, 6) is 0.491. The molecule has 0 spiro atoms. The minimum Gasteiger partial charge on any atom is -0.495 e. The number of carbonyl (C=O) groups excluding carboxylic acids is 1. The summed E-state index contributed by atoms with van der Waals surface area (Å²) in [6, 6.07) is 21.0. The molecule has 0 heterocycles. The van der Waals surface area contributed by atoms with Crippen molar-refractivity contribution < 1.29 is 9.53 Å². The molecule has 3 aromatic carbocycles. The van der Waals surface area contributed by atoms with Gasteiger partial charge in [0, 0.05) is 5.69 Å². The lowest BCUT2D eigenvalue weighted by Gasteiger charge is -2.21. The SMILES string of the molecule is COc1ccc(C)cc1NC(=O)[C@@H](Nc1ccc(C)c(C)c1)c1ccccc1. The molecule has 4 heteroatoms. The molecular formula is C24H26N2O2. The largest absolute Gasteiger partial charge is 0.495 e. The molecule has 144 valence electrons. The third kappa shape index (κ3) is 4.52. The van der Waals surface area contributed by atoms with Crippen LogP contribution in [0.15, 0.2) is 66.7 Å². The van der Waals surface area contributed by atoms with Crippen molar-refractivity contribution in [2.24, 2.45) is 0 Å². The second-order valence-electron chi connectivity index (χ2n) is 6.98. The molecule has 28 heavy (non-hydrogen) atoms. The third-order valence-corrected chi connectivity index (χ3v) is 4.83. The second kappa shape index (κ2) is 8.61. The number of aryl methyl sites for hydroxylation is 3. The molecule has 0 fully saturated rings. The van der Waals surface area contributed by atoms with E-state index < -0.39 is 6.04 Å². The highest BCUT2D eigenvalue weighted by atomic mass is 16.5. The third-order valence-electron chi connectivity index (χ3n) is 4.83. The first-order chi connectivity index (χ1) is 13.5. The highest BCUT2D eigenvalue weighted by Crippen LogP contribution is 2.28. The van der Waals surface area contributed by atoms with Gasteiger partial charge in [0.05, 0.1) is 12.8 Å². The van der Waals surface area contributed by atoms with E-state index in [4.69, 9.17) is 4.74 Å². The van der Waals surface area contributed by atoms with Gasteiger partial charge in [0.2, 0.25) is 0 Å². The van der Waals surface area contributed by atoms with Crippen molar-refractivity contribution in [3.63, 3.8) is 0 Å². The van der Waals surface area contributed by atoms with Crippen LogP contribution >= 0.6 is 0 Å². The fraction of sp³-hybridized carbons (Fsp3) is 0.208. The van der Waals surface area contributed by atoms with Gasteiger partial charge < -0.3 is 15.4 Å². The maximum Gasteiger partial charge on any atom is 0.251 e. The van der Waals surface area contributed by atoms with Crippen molar-refractivity contribution in [2.75, 3.05) is 17.7 Å². The standard InChI is InChI=1S/C24H26N2O2/c1-16-10-13-22(28-4)21(14-16)26-24(27)23(19-8-6-5-7-9-19)25-20-12-11-17(2)18(3)15-20/h5-15,23,25H,1-4H3,(H,26,27)/t23-/m0/s1. The van der Waals surface area contributed by atoms with Crippen LogP contribution in [0.2, 0.25) is 0 Å². The Labute approximate surface area is 166 Å².